The fraction of sp³-hybridized carbons (Fsp3) is 0.688. The van der Waals surface area contributed by atoms with Crippen LogP contribution in [0.4, 0.5) is 5.82 Å². The fourth-order valence-corrected chi connectivity index (χ4v) is 2.72. The molecule has 0 aromatic carbocycles. The largest absolute Gasteiger partial charge is 0.375 e. The zero-order chi connectivity index (χ0) is 13.5. The molecule has 3 nitrogen and oxygen atoms in total. The van der Waals surface area contributed by atoms with Crippen molar-refractivity contribution in [2.75, 3.05) is 18.0 Å². The molecule has 0 radical (unpaired) electrons. The van der Waals surface area contributed by atoms with Gasteiger partial charge >= 0.3 is 0 Å². The summed E-state index contributed by atoms with van der Waals surface area (Å²) in [5.41, 5.74) is 0. The maximum absolute atomic E-state index is 6.22. The predicted octanol–water partition coefficient (Wildman–Crippen LogP) is 3.65. The molecule has 1 aliphatic rings. The second-order valence-electron chi connectivity index (χ2n) is 5.33. The van der Waals surface area contributed by atoms with Crippen LogP contribution in [0.25, 0.3) is 0 Å². The van der Waals surface area contributed by atoms with E-state index in [1.807, 2.05) is 12.3 Å². The Morgan fingerprint density at radius 3 is 2.68 bits per heavy atom. The van der Waals surface area contributed by atoms with Gasteiger partial charge in [-0.1, -0.05) is 26.3 Å². The molecule has 1 fully saturated rings. The van der Waals surface area contributed by atoms with Crippen LogP contribution < -0.4 is 4.90 Å². The molecule has 0 spiro atoms. The number of rotatable bonds is 6. The van der Waals surface area contributed by atoms with Gasteiger partial charge in [-0.25, -0.2) is 4.98 Å². The first-order chi connectivity index (χ1) is 9.33. The summed E-state index contributed by atoms with van der Waals surface area (Å²) in [7, 11) is 0. The lowest BCUT2D eigenvalue weighted by atomic mass is 10.1. The van der Waals surface area contributed by atoms with Crippen LogP contribution in [0, 0.1) is 0 Å². The van der Waals surface area contributed by atoms with Crippen LogP contribution in [-0.2, 0) is 4.74 Å². The van der Waals surface area contributed by atoms with E-state index in [0.29, 0.717) is 12.2 Å². The Balaban J connectivity index is 1.79. The molecule has 106 valence electrons. The molecule has 1 aliphatic heterocycles. The second-order valence-corrected chi connectivity index (χ2v) is 5.33. The molecule has 1 atom stereocenters. The summed E-state index contributed by atoms with van der Waals surface area (Å²) in [6, 6.07) is 6.11. The average molecular weight is 262 g/mol. The molecule has 1 saturated heterocycles. The van der Waals surface area contributed by atoms with Gasteiger partial charge in [0.25, 0.3) is 0 Å². The molecule has 1 aromatic heterocycles. The number of piperidine rings is 1. The van der Waals surface area contributed by atoms with E-state index in [0.717, 1.165) is 38.2 Å². The van der Waals surface area contributed by atoms with Crippen LogP contribution in [-0.4, -0.2) is 30.3 Å². The van der Waals surface area contributed by atoms with Gasteiger partial charge in [-0.2, -0.15) is 0 Å². The third kappa shape index (κ3) is 4.20. The minimum atomic E-state index is 0.441. The van der Waals surface area contributed by atoms with Gasteiger partial charge in [0.1, 0.15) is 5.82 Å². The van der Waals surface area contributed by atoms with Crippen molar-refractivity contribution in [3.05, 3.63) is 24.4 Å². The van der Waals surface area contributed by atoms with E-state index in [9.17, 15) is 0 Å². The molecule has 1 unspecified atom stereocenters. The Hall–Kier alpha value is -1.09. The summed E-state index contributed by atoms with van der Waals surface area (Å²) in [6.07, 6.45) is 8.55. The smallest absolute Gasteiger partial charge is 0.128 e. The van der Waals surface area contributed by atoms with E-state index < -0.39 is 0 Å². The van der Waals surface area contributed by atoms with Crippen LogP contribution in [0.15, 0.2) is 24.4 Å². The number of hydrogen-bond acceptors (Lipinski definition) is 3. The molecule has 0 saturated carbocycles. The van der Waals surface area contributed by atoms with Gasteiger partial charge in [0.05, 0.1) is 12.2 Å². The lowest BCUT2D eigenvalue weighted by molar-refractivity contribution is -0.0291. The normalized spacial score (nSPS) is 18.5. The highest BCUT2D eigenvalue weighted by Crippen LogP contribution is 2.21. The SMILES string of the molecule is CCCC(CC)OC1CCN(c2ccccn2)CC1. The highest BCUT2D eigenvalue weighted by Gasteiger charge is 2.22. The molecule has 1 aromatic rings. The van der Waals surface area contributed by atoms with Crippen LogP contribution in [0.2, 0.25) is 0 Å². The third-order valence-corrected chi connectivity index (χ3v) is 3.87. The lowest BCUT2D eigenvalue weighted by Gasteiger charge is -2.34. The Morgan fingerprint density at radius 1 is 1.32 bits per heavy atom. The van der Waals surface area contributed by atoms with E-state index in [1.165, 1.54) is 12.8 Å². The maximum Gasteiger partial charge on any atom is 0.128 e. The third-order valence-electron chi connectivity index (χ3n) is 3.87. The zero-order valence-electron chi connectivity index (χ0n) is 12.2. The Morgan fingerprint density at radius 2 is 2.11 bits per heavy atom. The van der Waals surface area contributed by atoms with Crippen LogP contribution in [0.3, 0.4) is 0 Å². The lowest BCUT2D eigenvalue weighted by Crippen LogP contribution is -2.38. The molecule has 0 bridgehead atoms. The Bertz CT molecular complexity index is 347. The van der Waals surface area contributed by atoms with Gasteiger partial charge in [-0.15, -0.1) is 0 Å². The maximum atomic E-state index is 6.22. The van der Waals surface area contributed by atoms with Crippen LogP contribution in [0.1, 0.15) is 46.0 Å². The van der Waals surface area contributed by atoms with Crippen molar-refractivity contribution in [2.24, 2.45) is 0 Å². The molecule has 0 aliphatic carbocycles. The Kier molecular flexibility index (Phi) is 5.64. The average Bonchev–Trinajstić information content (AvgIpc) is 2.48. The fourth-order valence-electron chi connectivity index (χ4n) is 2.72. The van der Waals surface area contributed by atoms with Crippen LogP contribution >= 0.6 is 0 Å². The van der Waals surface area contributed by atoms with Crippen molar-refractivity contribution in [1.82, 2.24) is 4.98 Å². The number of pyridine rings is 1. The first kappa shape index (κ1) is 14.3. The highest BCUT2D eigenvalue weighted by atomic mass is 16.5. The van der Waals surface area contributed by atoms with Crippen molar-refractivity contribution in [2.45, 2.75) is 58.2 Å². The minimum absolute atomic E-state index is 0.441. The quantitative estimate of drug-likeness (QED) is 0.782. The number of hydrogen-bond donors (Lipinski definition) is 0. The van der Waals surface area contributed by atoms with E-state index >= 15 is 0 Å². The molecule has 2 rings (SSSR count). The monoisotopic (exact) mass is 262 g/mol. The minimum Gasteiger partial charge on any atom is -0.375 e. The van der Waals surface area contributed by atoms with E-state index in [4.69, 9.17) is 4.74 Å². The number of aromatic nitrogens is 1. The predicted molar refractivity (Wildman–Crippen MR) is 79.5 cm³/mol. The van der Waals surface area contributed by atoms with E-state index in [1.54, 1.807) is 0 Å². The summed E-state index contributed by atoms with van der Waals surface area (Å²) in [5.74, 6) is 1.10. The van der Waals surface area contributed by atoms with Crippen molar-refractivity contribution >= 4 is 5.82 Å². The standard InChI is InChI=1S/C16H26N2O/c1-3-7-14(4-2)19-15-9-12-18(13-10-15)16-8-5-6-11-17-16/h5-6,8,11,14-15H,3-4,7,9-10,12-13H2,1-2H3. The van der Waals surface area contributed by atoms with Crippen molar-refractivity contribution in [3.8, 4) is 0 Å². The van der Waals surface area contributed by atoms with E-state index in [-0.39, 0.29) is 0 Å². The number of ether oxygens (including phenoxy) is 1. The summed E-state index contributed by atoms with van der Waals surface area (Å²) in [6.45, 7) is 6.58. The Labute approximate surface area is 117 Å². The first-order valence-electron chi connectivity index (χ1n) is 7.65. The van der Waals surface area contributed by atoms with Gasteiger partial charge in [0.15, 0.2) is 0 Å². The van der Waals surface area contributed by atoms with Gasteiger partial charge < -0.3 is 9.64 Å². The van der Waals surface area contributed by atoms with Crippen molar-refractivity contribution in [1.29, 1.82) is 0 Å². The first-order valence-corrected chi connectivity index (χ1v) is 7.65. The molecule has 19 heavy (non-hydrogen) atoms. The molecule has 3 heteroatoms. The summed E-state index contributed by atoms with van der Waals surface area (Å²) < 4.78 is 6.22. The van der Waals surface area contributed by atoms with E-state index in [2.05, 4.69) is 35.9 Å². The molecule has 2 heterocycles. The van der Waals surface area contributed by atoms with Crippen LogP contribution in [0.5, 0.6) is 0 Å². The van der Waals surface area contributed by atoms with Crippen molar-refractivity contribution in [3.63, 3.8) is 0 Å². The summed E-state index contributed by atoms with van der Waals surface area (Å²) in [4.78, 5) is 6.78. The second kappa shape index (κ2) is 7.49. The highest BCUT2D eigenvalue weighted by molar-refractivity contribution is 5.38. The molecular formula is C16H26N2O. The van der Waals surface area contributed by atoms with Gasteiger partial charge in [-0.3, -0.25) is 0 Å². The summed E-state index contributed by atoms with van der Waals surface area (Å²) >= 11 is 0. The molecule has 0 amide bonds. The molecule has 0 N–H and O–H groups in total. The van der Waals surface area contributed by atoms with Gasteiger partial charge in [-0.05, 0) is 37.8 Å². The topological polar surface area (TPSA) is 25.4 Å². The van der Waals surface area contributed by atoms with Gasteiger partial charge in [0.2, 0.25) is 0 Å². The molecular weight excluding hydrogens is 236 g/mol. The van der Waals surface area contributed by atoms with Crippen molar-refractivity contribution < 1.29 is 4.74 Å². The number of anilines is 1. The zero-order valence-corrected chi connectivity index (χ0v) is 12.2. The summed E-state index contributed by atoms with van der Waals surface area (Å²) in [5, 5.41) is 0. The number of nitrogens with zero attached hydrogens (tertiary/aromatic N) is 2. The van der Waals surface area contributed by atoms with Gasteiger partial charge in [0, 0.05) is 19.3 Å².